The van der Waals surface area contributed by atoms with Crippen LogP contribution in [0.25, 0.3) is 0 Å². The van der Waals surface area contributed by atoms with Crippen LogP contribution in [0.3, 0.4) is 0 Å². The van der Waals surface area contributed by atoms with Gasteiger partial charge >= 0.3 is 0 Å². The molecule has 0 radical (unpaired) electrons. The second-order valence-corrected chi connectivity index (χ2v) is 5.02. The standard InChI is InChI=1S/C15H23N3O2/c1-17(11-12-18-9-7-16-8-10-18)15(19)13-5-3-4-6-14(13)20-2/h3-6,16H,7-12H2,1-2H3. The number of likely N-dealkylation sites (N-methyl/N-ethyl adjacent to an activating group) is 1. The van der Waals surface area contributed by atoms with E-state index >= 15 is 0 Å². The summed E-state index contributed by atoms with van der Waals surface area (Å²) in [5.74, 6) is 0.643. The Bertz CT molecular complexity index is 444. The molecule has 0 saturated carbocycles. The van der Waals surface area contributed by atoms with Crippen LogP contribution in [0, 0.1) is 0 Å². The Morgan fingerprint density at radius 2 is 2.05 bits per heavy atom. The highest BCUT2D eigenvalue weighted by atomic mass is 16.5. The van der Waals surface area contributed by atoms with E-state index in [1.54, 1.807) is 12.0 Å². The van der Waals surface area contributed by atoms with Gasteiger partial charge in [0.15, 0.2) is 0 Å². The van der Waals surface area contributed by atoms with Gasteiger partial charge in [0.2, 0.25) is 0 Å². The molecule has 1 aliphatic heterocycles. The Kier molecular flexibility index (Phi) is 5.38. The summed E-state index contributed by atoms with van der Waals surface area (Å²) in [6.07, 6.45) is 0. The number of nitrogens with one attached hydrogen (secondary N) is 1. The Labute approximate surface area is 120 Å². The average Bonchev–Trinajstić information content (AvgIpc) is 2.52. The lowest BCUT2D eigenvalue weighted by atomic mass is 10.2. The van der Waals surface area contributed by atoms with Gasteiger partial charge in [0, 0.05) is 46.3 Å². The zero-order valence-electron chi connectivity index (χ0n) is 12.3. The maximum Gasteiger partial charge on any atom is 0.257 e. The van der Waals surface area contributed by atoms with E-state index in [9.17, 15) is 4.79 Å². The molecule has 5 heteroatoms. The van der Waals surface area contributed by atoms with Crippen LogP contribution >= 0.6 is 0 Å². The fourth-order valence-electron chi connectivity index (χ4n) is 2.35. The van der Waals surface area contributed by atoms with Crippen LogP contribution in [0.15, 0.2) is 24.3 Å². The van der Waals surface area contributed by atoms with Gasteiger partial charge in [-0.25, -0.2) is 0 Å². The first kappa shape index (κ1) is 14.8. The van der Waals surface area contributed by atoms with Crippen molar-refractivity contribution in [2.24, 2.45) is 0 Å². The normalized spacial score (nSPS) is 15.9. The van der Waals surface area contributed by atoms with E-state index in [0.717, 1.165) is 39.3 Å². The number of carbonyl (C=O) groups excluding carboxylic acids is 1. The third kappa shape index (κ3) is 3.71. The molecular formula is C15H23N3O2. The molecular weight excluding hydrogens is 254 g/mol. The lowest BCUT2D eigenvalue weighted by Gasteiger charge is -2.29. The molecule has 0 atom stereocenters. The minimum absolute atomic E-state index is 0.0117. The number of carbonyl (C=O) groups is 1. The number of ether oxygens (including phenoxy) is 1. The highest BCUT2D eigenvalue weighted by molar-refractivity contribution is 5.96. The van der Waals surface area contributed by atoms with Crippen molar-refractivity contribution in [1.82, 2.24) is 15.1 Å². The lowest BCUT2D eigenvalue weighted by molar-refractivity contribution is 0.0771. The summed E-state index contributed by atoms with van der Waals surface area (Å²) < 4.78 is 5.24. The molecule has 0 spiro atoms. The van der Waals surface area contributed by atoms with Gasteiger partial charge in [-0.1, -0.05) is 12.1 Å². The minimum atomic E-state index is 0.0117. The smallest absolute Gasteiger partial charge is 0.257 e. The summed E-state index contributed by atoms with van der Waals surface area (Å²) in [5, 5.41) is 3.33. The fourth-order valence-corrected chi connectivity index (χ4v) is 2.35. The quantitative estimate of drug-likeness (QED) is 0.859. The van der Waals surface area contributed by atoms with Crippen molar-refractivity contribution in [2.45, 2.75) is 0 Å². The highest BCUT2D eigenvalue weighted by Gasteiger charge is 2.17. The van der Waals surface area contributed by atoms with Crippen LogP contribution in [0.1, 0.15) is 10.4 Å². The Morgan fingerprint density at radius 1 is 1.35 bits per heavy atom. The topological polar surface area (TPSA) is 44.8 Å². The number of para-hydroxylation sites is 1. The van der Waals surface area contributed by atoms with E-state index in [4.69, 9.17) is 4.74 Å². The van der Waals surface area contributed by atoms with Gasteiger partial charge in [-0.05, 0) is 12.1 Å². The summed E-state index contributed by atoms with van der Waals surface area (Å²) in [6, 6.07) is 7.36. The Morgan fingerprint density at radius 3 is 2.75 bits per heavy atom. The van der Waals surface area contributed by atoms with Gasteiger partial charge in [0.25, 0.3) is 5.91 Å². The Balaban J connectivity index is 1.90. The SMILES string of the molecule is COc1ccccc1C(=O)N(C)CCN1CCNCC1. The molecule has 1 aliphatic rings. The van der Waals surface area contributed by atoms with Crippen molar-refractivity contribution in [2.75, 3.05) is 53.4 Å². The molecule has 5 nitrogen and oxygen atoms in total. The minimum Gasteiger partial charge on any atom is -0.496 e. The molecule has 1 aromatic rings. The Hall–Kier alpha value is -1.59. The maximum atomic E-state index is 12.4. The number of amides is 1. The summed E-state index contributed by atoms with van der Waals surface area (Å²) in [6.45, 7) is 5.82. The molecule has 1 amide bonds. The van der Waals surface area contributed by atoms with Crippen molar-refractivity contribution in [1.29, 1.82) is 0 Å². The summed E-state index contributed by atoms with van der Waals surface area (Å²) >= 11 is 0. The largest absolute Gasteiger partial charge is 0.496 e. The molecule has 20 heavy (non-hydrogen) atoms. The fraction of sp³-hybridized carbons (Fsp3) is 0.533. The number of rotatable bonds is 5. The monoisotopic (exact) mass is 277 g/mol. The molecule has 0 unspecified atom stereocenters. The van der Waals surface area contributed by atoms with E-state index in [1.807, 2.05) is 31.3 Å². The van der Waals surface area contributed by atoms with Crippen LogP contribution in [0.5, 0.6) is 5.75 Å². The lowest BCUT2D eigenvalue weighted by Crippen LogP contribution is -2.46. The number of hydrogen-bond acceptors (Lipinski definition) is 4. The van der Waals surface area contributed by atoms with Crippen LogP contribution < -0.4 is 10.1 Å². The van der Waals surface area contributed by atoms with E-state index in [0.29, 0.717) is 11.3 Å². The molecule has 1 saturated heterocycles. The first-order chi connectivity index (χ1) is 9.72. The van der Waals surface area contributed by atoms with Gasteiger partial charge in [0.05, 0.1) is 12.7 Å². The zero-order chi connectivity index (χ0) is 14.4. The molecule has 2 rings (SSSR count). The average molecular weight is 277 g/mol. The summed E-state index contributed by atoms with van der Waals surface area (Å²) in [5.41, 5.74) is 0.623. The molecule has 1 fully saturated rings. The van der Waals surface area contributed by atoms with E-state index < -0.39 is 0 Å². The third-order valence-corrected chi connectivity index (χ3v) is 3.65. The number of hydrogen-bond donors (Lipinski definition) is 1. The number of methoxy groups -OCH3 is 1. The highest BCUT2D eigenvalue weighted by Crippen LogP contribution is 2.18. The van der Waals surface area contributed by atoms with Gasteiger partial charge < -0.3 is 15.0 Å². The predicted molar refractivity (Wildman–Crippen MR) is 79.3 cm³/mol. The molecule has 110 valence electrons. The van der Waals surface area contributed by atoms with Crippen molar-refractivity contribution >= 4 is 5.91 Å². The first-order valence-electron chi connectivity index (χ1n) is 7.04. The third-order valence-electron chi connectivity index (χ3n) is 3.65. The number of nitrogens with zero attached hydrogens (tertiary/aromatic N) is 2. The van der Waals surface area contributed by atoms with Crippen molar-refractivity contribution in [3.63, 3.8) is 0 Å². The molecule has 0 aromatic heterocycles. The molecule has 0 bridgehead atoms. The van der Waals surface area contributed by atoms with Crippen LogP contribution in [-0.2, 0) is 0 Å². The predicted octanol–water partition coefficient (Wildman–Crippen LogP) is 0.672. The van der Waals surface area contributed by atoms with Crippen molar-refractivity contribution < 1.29 is 9.53 Å². The van der Waals surface area contributed by atoms with Crippen molar-refractivity contribution in [3.8, 4) is 5.75 Å². The van der Waals surface area contributed by atoms with E-state index in [1.165, 1.54) is 0 Å². The van der Waals surface area contributed by atoms with E-state index in [2.05, 4.69) is 10.2 Å². The number of piperazine rings is 1. The van der Waals surface area contributed by atoms with Gasteiger partial charge in [0.1, 0.15) is 5.75 Å². The van der Waals surface area contributed by atoms with Crippen LogP contribution in [0.2, 0.25) is 0 Å². The van der Waals surface area contributed by atoms with Crippen molar-refractivity contribution in [3.05, 3.63) is 29.8 Å². The molecule has 1 aromatic carbocycles. The van der Waals surface area contributed by atoms with Crippen LogP contribution in [0.4, 0.5) is 0 Å². The van der Waals surface area contributed by atoms with E-state index in [-0.39, 0.29) is 5.91 Å². The molecule has 1 N–H and O–H groups in total. The van der Waals surface area contributed by atoms with Gasteiger partial charge in [-0.3, -0.25) is 9.69 Å². The summed E-state index contributed by atoms with van der Waals surface area (Å²) in [7, 11) is 3.43. The second-order valence-electron chi connectivity index (χ2n) is 5.02. The molecule has 1 heterocycles. The summed E-state index contributed by atoms with van der Waals surface area (Å²) in [4.78, 5) is 16.6. The van der Waals surface area contributed by atoms with Gasteiger partial charge in [-0.15, -0.1) is 0 Å². The zero-order valence-corrected chi connectivity index (χ0v) is 12.3. The molecule has 0 aliphatic carbocycles. The van der Waals surface area contributed by atoms with Gasteiger partial charge in [-0.2, -0.15) is 0 Å². The first-order valence-corrected chi connectivity index (χ1v) is 7.04. The number of benzene rings is 1. The maximum absolute atomic E-state index is 12.4. The van der Waals surface area contributed by atoms with Crippen LogP contribution in [-0.4, -0.2) is 69.1 Å². The second kappa shape index (κ2) is 7.26.